The second kappa shape index (κ2) is 7.09. The lowest BCUT2D eigenvalue weighted by Gasteiger charge is -2.25. The predicted octanol–water partition coefficient (Wildman–Crippen LogP) is 4.40. The summed E-state index contributed by atoms with van der Waals surface area (Å²) in [6, 6.07) is 7.56. The van der Waals surface area contributed by atoms with Gasteiger partial charge in [0, 0.05) is 6.04 Å². The molecule has 0 heterocycles. The van der Waals surface area contributed by atoms with E-state index in [1.54, 1.807) is 5.56 Å². The summed E-state index contributed by atoms with van der Waals surface area (Å²) in [6.07, 6.45) is 8.15. The lowest BCUT2D eigenvalue weighted by Crippen LogP contribution is -2.37. The Morgan fingerprint density at radius 3 is 2.63 bits per heavy atom. The van der Waals surface area contributed by atoms with Crippen LogP contribution in [0.3, 0.4) is 0 Å². The molecular formula is C18H29N. The van der Waals surface area contributed by atoms with Gasteiger partial charge < -0.3 is 5.32 Å². The molecule has 1 N–H and O–H groups in total. The number of benzene rings is 1. The van der Waals surface area contributed by atoms with Crippen molar-refractivity contribution in [3.63, 3.8) is 0 Å². The molecule has 1 aromatic carbocycles. The molecule has 0 spiro atoms. The Morgan fingerprint density at radius 2 is 1.95 bits per heavy atom. The van der Waals surface area contributed by atoms with Crippen molar-refractivity contribution in [3.8, 4) is 0 Å². The van der Waals surface area contributed by atoms with Crippen molar-refractivity contribution in [2.75, 3.05) is 6.54 Å². The Balaban J connectivity index is 2.07. The van der Waals surface area contributed by atoms with E-state index < -0.39 is 0 Å². The third-order valence-corrected chi connectivity index (χ3v) is 4.57. The standard InChI is InChI=1S/C18H29N/c1-4-11-19-18(16-7-5-6-8-16)13-17-12-14(2)9-10-15(17)3/h9-10,12,16,18-19H,4-8,11,13H2,1-3H3. The molecule has 0 aromatic heterocycles. The van der Waals surface area contributed by atoms with Gasteiger partial charge in [-0.2, -0.15) is 0 Å². The van der Waals surface area contributed by atoms with Gasteiger partial charge in [0.05, 0.1) is 0 Å². The molecule has 1 saturated carbocycles. The fourth-order valence-electron chi connectivity index (χ4n) is 3.35. The highest BCUT2D eigenvalue weighted by atomic mass is 14.9. The molecule has 1 nitrogen and oxygen atoms in total. The monoisotopic (exact) mass is 259 g/mol. The van der Waals surface area contributed by atoms with Gasteiger partial charge in [-0.1, -0.05) is 43.5 Å². The highest BCUT2D eigenvalue weighted by Crippen LogP contribution is 2.30. The van der Waals surface area contributed by atoms with Gasteiger partial charge in [0.1, 0.15) is 0 Å². The molecule has 106 valence electrons. The van der Waals surface area contributed by atoms with E-state index in [0.29, 0.717) is 6.04 Å². The Bertz CT molecular complexity index is 391. The van der Waals surface area contributed by atoms with E-state index in [0.717, 1.165) is 12.5 Å². The van der Waals surface area contributed by atoms with Gasteiger partial charge in [0.2, 0.25) is 0 Å². The van der Waals surface area contributed by atoms with Crippen molar-refractivity contribution in [2.45, 2.75) is 65.3 Å². The molecule has 1 fully saturated rings. The van der Waals surface area contributed by atoms with Crippen LogP contribution in [0.2, 0.25) is 0 Å². The molecule has 0 amide bonds. The van der Waals surface area contributed by atoms with E-state index in [2.05, 4.69) is 44.3 Å². The summed E-state index contributed by atoms with van der Waals surface area (Å²) in [6.45, 7) is 7.87. The molecule has 2 rings (SSSR count). The Hall–Kier alpha value is -0.820. The van der Waals surface area contributed by atoms with E-state index in [1.807, 2.05) is 0 Å². The smallest absolute Gasteiger partial charge is 0.0136 e. The van der Waals surface area contributed by atoms with Crippen molar-refractivity contribution in [2.24, 2.45) is 5.92 Å². The normalized spacial score (nSPS) is 17.8. The van der Waals surface area contributed by atoms with Crippen LogP contribution >= 0.6 is 0 Å². The molecule has 1 unspecified atom stereocenters. The van der Waals surface area contributed by atoms with E-state index in [4.69, 9.17) is 0 Å². The van der Waals surface area contributed by atoms with Crippen molar-refractivity contribution >= 4 is 0 Å². The minimum Gasteiger partial charge on any atom is -0.313 e. The first kappa shape index (κ1) is 14.6. The average molecular weight is 259 g/mol. The van der Waals surface area contributed by atoms with Crippen LogP contribution in [0, 0.1) is 19.8 Å². The van der Waals surface area contributed by atoms with Crippen LogP contribution in [0.1, 0.15) is 55.7 Å². The lowest BCUT2D eigenvalue weighted by atomic mass is 9.90. The summed E-state index contributed by atoms with van der Waals surface area (Å²) in [5.74, 6) is 0.895. The number of hydrogen-bond donors (Lipinski definition) is 1. The third kappa shape index (κ3) is 4.07. The first-order chi connectivity index (χ1) is 9.20. The number of rotatable bonds is 6. The third-order valence-electron chi connectivity index (χ3n) is 4.57. The van der Waals surface area contributed by atoms with Crippen molar-refractivity contribution in [3.05, 3.63) is 34.9 Å². The molecule has 1 atom stereocenters. The number of aryl methyl sites for hydroxylation is 2. The SMILES string of the molecule is CCCNC(Cc1cc(C)ccc1C)C1CCCC1. The highest BCUT2D eigenvalue weighted by molar-refractivity contribution is 5.31. The van der Waals surface area contributed by atoms with Crippen molar-refractivity contribution < 1.29 is 0 Å². The van der Waals surface area contributed by atoms with Gasteiger partial charge in [0.25, 0.3) is 0 Å². The zero-order chi connectivity index (χ0) is 13.7. The second-order valence-corrected chi connectivity index (χ2v) is 6.24. The molecule has 1 aliphatic carbocycles. The van der Waals surface area contributed by atoms with Crippen LogP contribution in [0.15, 0.2) is 18.2 Å². The van der Waals surface area contributed by atoms with Crippen LogP contribution in [0.5, 0.6) is 0 Å². The lowest BCUT2D eigenvalue weighted by molar-refractivity contribution is 0.356. The summed E-state index contributed by atoms with van der Waals surface area (Å²) in [5.41, 5.74) is 4.38. The minimum absolute atomic E-state index is 0.683. The van der Waals surface area contributed by atoms with Crippen molar-refractivity contribution in [1.29, 1.82) is 0 Å². The molecule has 0 aliphatic heterocycles. The van der Waals surface area contributed by atoms with Crippen LogP contribution in [-0.2, 0) is 6.42 Å². The maximum absolute atomic E-state index is 3.81. The van der Waals surface area contributed by atoms with Gasteiger partial charge in [0.15, 0.2) is 0 Å². The zero-order valence-corrected chi connectivity index (χ0v) is 12.8. The van der Waals surface area contributed by atoms with Gasteiger partial charge in [-0.3, -0.25) is 0 Å². The quantitative estimate of drug-likeness (QED) is 0.798. The van der Waals surface area contributed by atoms with Crippen LogP contribution in [0.25, 0.3) is 0 Å². The van der Waals surface area contributed by atoms with Crippen molar-refractivity contribution in [1.82, 2.24) is 5.32 Å². The molecular weight excluding hydrogens is 230 g/mol. The van der Waals surface area contributed by atoms with Crippen LogP contribution < -0.4 is 5.32 Å². The Labute approximate surface area is 118 Å². The maximum Gasteiger partial charge on any atom is 0.0136 e. The molecule has 1 aromatic rings. The first-order valence-electron chi connectivity index (χ1n) is 8.00. The van der Waals surface area contributed by atoms with Crippen LogP contribution in [0.4, 0.5) is 0 Å². The first-order valence-corrected chi connectivity index (χ1v) is 8.00. The molecule has 1 heteroatoms. The summed E-state index contributed by atoms with van der Waals surface area (Å²) < 4.78 is 0. The van der Waals surface area contributed by atoms with E-state index in [1.165, 1.54) is 49.7 Å². The van der Waals surface area contributed by atoms with Gasteiger partial charge >= 0.3 is 0 Å². The summed E-state index contributed by atoms with van der Waals surface area (Å²) in [7, 11) is 0. The second-order valence-electron chi connectivity index (χ2n) is 6.24. The number of nitrogens with one attached hydrogen (secondary N) is 1. The Kier molecular flexibility index (Phi) is 5.45. The van der Waals surface area contributed by atoms with Gasteiger partial charge in [-0.05, 0) is 63.1 Å². The van der Waals surface area contributed by atoms with E-state index in [9.17, 15) is 0 Å². The highest BCUT2D eigenvalue weighted by Gasteiger charge is 2.24. The topological polar surface area (TPSA) is 12.0 Å². The summed E-state index contributed by atoms with van der Waals surface area (Å²) >= 11 is 0. The fourth-order valence-corrected chi connectivity index (χ4v) is 3.35. The maximum atomic E-state index is 3.81. The number of hydrogen-bond acceptors (Lipinski definition) is 1. The predicted molar refractivity (Wildman–Crippen MR) is 83.7 cm³/mol. The van der Waals surface area contributed by atoms with E-state index in [-0.39, 0.29) is 0 Å². The molecule has 1 aliphatic rings. The van der Waals surface area contributed by atoms with Gasteiger partial charge in [-0.25, -0.2) is 0 Å². The Morgan fingerprint density at radius 1 is 1.21 bits per heavy atom. The summed E-state index contributed by atoms with van der Waals surface area (Å²) in [4.78, 5) is 0. The molecule has 0 radical (unpaired) electrons. The average Bonchev–Trinajstić information content (AvgIpc) is 2.92. The summed E-state index contributed by atoms with van der Waals surface area (Å²) in [5, 5.41) is 3.81. The largest absolute Gasteiger partial charge is 0.313 e. The molecule has 0 bridgehead atoms. The van der Waals surface area contributed by atoms with Crippen LogP contribution in [-0.4, -0.2) is 12.6 Å². The molecule has 0 saturated heterocycles. The molecule has 19 heavy (non-hydrogen) atoms. The van der Waals surface area contributed by atoms with E-state index >= 15 is 0 Å². The zero-order valence-electron chi connectivity index (χ0n) is 12.8. The minimum atomic E-state index is 0.683. The fraction of sp³-hybridized carbons (Fsp3) is 0.667. The van der Waals surface area contributed by atoms with Gasteiger partial charge in [-0.15, -0.1) is 0 Å².